The van der Waals surface area contributed by atoms with Gasteiger partial charge in [-0.05, 0) is 44.1 Å². The predicted octanol–water partition coefficient (Wildman–Crippen LogP) is 2.81. The summed E-state index contributed by atoms with van der Waals surface area (Å²) in [6.07, 6.45) is 11.4. The van der Waals surface area contributed by atoms with Crippen LogP contribution in [-0.2, 0) is 0 Å². The number of hydrogen-bond acceptors (Lipinski definition) is 1. The molecule has 1 fully saturated rings. The van der Waals surface area contributed by atoms with Crippen LogP contribution in [0.5, 0.6) is 0 Å². The first-order chi connectivity index (χ1) is 6.79. The van der Waals surface area contributed by atoms with Gasteiger partial charge in [-0.2, -0.15) is 0 Å². The summed E-state index contributed by atoms with van der Waals surface area (Å²) >= 11 is 0. The monoisotopic (exact) mass is 193 g/mol. The topological polar surface area (TPSA) is 12.0 Å². The number of hydrogen-bond donors (Lipinski definition) is 1. The first kappa shape index (κ1) is 11.6. The summed E-state index contributed by atoms with van der Waals surface area (Å²) in [5.41, 5.74) is 0. The molecule has 0 heterocycles. The van der Waals surface area contributed by atoms with E-state index in [0.29, 0.717) is 0 Å². The van der Waals surface area contributed by atoms with Crippen LogP contribution in [0.3, 0.4) is 0 Å². The van der Waals surface area contributed by atoms with Gasteiger partial charge < -0.3 is 5.32 Å². The highest BCUT2D eigenvalue weighted by Crippen LogP contribution is 2.34. The van der Waals surface area contributed by atoms with Crippen LogP contribution in [0.1, 0.15) is 46.0 Å². The summed E-state index contributed by atoms with van der Waals surface area (Å²) < 4.78 is 0. The molecule has 0 amide bonds. The number of terminal acetylenes is 1. The van der Waals surface area contributed by atoms with Gasteiger partial charge in [-0.15, -0.1) is 12.3 Å². The Balaban J connectivity index is 2.28. The first-order valence-corrected chi connectivity index (χ1v) is 5.96. The Labute approximate surface area is 88.7 Å². The average molecular weight is 193 g/mol. The van der Waals surface area contributed by atoms with Crippen molar-refractivity contribution in [3.05, 3.63) is 0 Å². The Morgan fingerprint density at radius 2 is 2.21 bits per heavy atom. The van der Waals surface area contributed by atoms with Crippen molar-refractivity contribution in [2.24, 2.45) is 11.8 Å². The smallest absolute Gasteiger partial charge is 0.00954 e. The molecule has 0 spiro atoms. The molecule has 1 nitrogen and oxygen atoms in total. The lowest BCUT2D eigenvalue weighted by Gasteiger charge is -2.21. The van der Waals surface area contributed by atoms with Crippen LogP contribution >= 0.6 is 0 Å². The Kier molecular flexibility index (Phi) is 5.04. The second kappa shape index (κ2) is 6.09. The maximum atomic E-state index is 5.30. The highest BCUT2D eigenvalue weighted by atomic mass is 14.9. The molecule has 0 aromatic rings. The van der Waals surface area contributed by atoms with Crippen LogP contribution in [-0.4, -0.2) is 12.6 Å². The van der Waals surface area contributed by atoms with Crippen LogP contribution in [0, 0.1) is 24.2 Å². The second-order valence-corrected chi connectivity index (χ2v) is 4.50. The molecule has 0 aliphatic heterocycles. The zero-order chi connectivity index (χ0) is 10.4. The standard InChI is InChI=1S/C13H23N/c1-4-6-7-12-8-9-13(11(12)3)14-10-5-2/h1,11-14H,5-10H2,2-3H3. The lowest BCUT2D eigenvalue weighted by molar-refractivity contribution is 0.340. The summed E-state index contributed by atoms with van der Waals surface area (Å²) in [5.74, 6) is 4.43. The van der Waals surface area contributed by atoms with E-state index in [4.69, 9.17) is 6.42 Å². The third kappa shape index (κ3) is 3.03. The maximum absolute atomic E-state index is 5.30. The maximum Gasteiger partial charge on any atom is 0.00954 e. The fraction of sp³-hybridized carbons (Fsp3) is 0.846. The number of nitrogens with one attached hydrogen (secondary N) is 1. The predicted molar refractivity (Wildman–Crippen MR) is 62.0 cm³/mol. The minimum atomic E-state index is 0.748. The van der Waals surface area contributed by atoms with E-state index in [0.717, 1.165) is 30.8 Å². The lowest BCUT2D eigenvalue weighted by Crippen LogP contribution is -2.33. The molecular weight excluding hydrogens is 170 g/mol. The minimum absolute atomic E-state index is 0.748. The molecule has 1 heteroatoms. The van der Waals surface area contributed by atoms with Gasteiger partial charge in [-0.1, -0.05) is 13.8 Å². The zero-order valence-electron chi connectivity index (χ0n) is 9.55. The van der Waals surface area contributed by atoms with Crippen molar-refractivity contribution in [2.45, 2.75) is 52.0 Å². The Morgan fingerprint density at radius 3 is 2.86 bits per heavy atom. The normalized spacial score (nSPS) is 31.6. The van der Waals surface area contributed by atoms with Crippen LogP contribution in [0.2, 0.25) is 0 Å². The van der Waals surface area contributed by atoms with E-state index in [1.807, 2.05) is 0 Å². The van der Waals surface area contributed by atoms with E-state index < -0.39 is 0 Å². The van der Waals surface area contributed by atoms with Crippen molar-refractivity contribution in [1.82, 2.24) is 5.32 Å². The van der Waals surface area contributed by atoms with E-state index in [2.05, 4.69) is 25.1 Å². The van der Waals surface area contributed by atoms with E-state index in [9.17, 15) is 0 Å². The van der Waals surface area contributed by atoms with E-state index >= 15 is 0 Å². The molecule has 80 valence electrons. The van der Waals surface area contributed by atoms with Crippen molar-refractivity contribution in [3.8, 4) is 12.3 Å². The molecule has 3 atom stereocenters. The molecule has 3 unspecified atom stereocenters. The summed E-state index contributed by atoms with van der Waals surface area (Å²) in [5, 5.41) is 3.64. The van der Waals surface area contributed by atoms with Gasteiger partial charge >= 0.3 is 0 Å². The van der Waals surface area contributed by atoms with E-state index in [1.165, 1.54) is 25.7 Å². The van der Waals surface area contributed by atoms with Gasteiger partial charge in [0.2, 0.25) is 0 Å². The van der Waals surface area contributed by atoms with Gasteiger partial charge in [0, 0.05) is 12.5 Å². The fourth-order valence-corrected chi connectivity index (χ4v) is 2.54. The van der Waals surface area contributed by atoms with Crippen molar-refractivity contribution in [3.63, 3.8) is 0 Å². The molecule has 1 aliphatic carbocycles. The Morgan fingerprint density at radius 1 is 1.43 bits per heavy atom. The highest BCUT2D eigenvalue weighted by Gasteiger charge is 2.31. The third-order valence-electron chi connectivity index (χ3n) is 3.54. The van der Waals surface area contributed by atoms with Crippen LogP contribution in [0.15, 0.2) is 0 Å². The first-order valence-electron chi connectivity index (χ1n) is 5.96. The van der Waals surface area contributed by atoms with Crippen molar-refractivity contribution >= 4 is 0 Å². The lowest BCUT2D eigenvalue weighted by atomic mass is 9.91. The van der Waals surface area contributed by atoms with Crippen molar-refractivity contribution < 1.29 is 0 Å². The van der Waals surface area contributed by atoms with Gasteiger partial charge in [0.1, 0.15) is 0 Å². The zero-order valence-corrected chi connectivity index (χ0v) is 9.55. The molecule has 0 radical (unpaired) electrons. The quantitative estimate of drug-likeness (QED) is 0.662. The summed E-state index contributed by atoms with van der Waals surface area (Å²) in [6.45, 7) is 5.76. The molecule has 1 rings (SSSR count). The van der Waals surface area contributed by atoms with Gasteiger partial charge in [0.25, 0.3) is 0 Å². The van der Waals surface area contributed by atoms with Crippen molar-refractivity contribution in [2.75, 3.05) is 6.54 Å². The summed E-state index contributed by atoms with van der Waals surface area (Å²) in [7, 11) is 0. The van der Waals surface area contributed by atoms with Gasteiger partial charge in [0.05, 0.1) is 0 Å². The Hall–Kier alpha value is -0.480. The van der Waals surface area contributed by atoms with Crippen LogP contribution in [0.4, 0.5) is 0 Å². The number of rotatable bonds is 5. The molecule has 0 bridgehead atoms. The van der Waals surface area contributed by atoms with Gasteiger partial charge in [-0.3, -0.25) is 0 Å². The highest BCUT2D eigenvalue weighted by molar-refractivity contribution is 4.90. The molecular formula is C13H23N. The molecule has 0 aromatic heterocycles. The SMILES string of the molecule is C#CCCC1CCC(NCCC)C1C. The van der Waals surface area contributed by atoms with Gasteiger partial charge in [0.15, 0.2) is 0 Å². The molecule has 1 aliphatic rings. The van der Waals surface area contributed by atoms with Crippen LogP contribution < -0.4 is 5.32 Å². The Bertz CT molecular complexity index is 192. The van der Waals surface area contributed by atoms with Gasteiger partial charge in [-0.25, -0.2) is 0 Å². The molecule has 0 saturated heterocycles. The average Bonchev–Trinajstić information content (AvgIpc) is 2.54. The van der Waals surface area contributed by atoms with E-state index in [-0.39, 0.29) is 0 Å². The van der Waals surface area contributed by atoms with E-state index in [1.54, 1.807) is 0 Å². The fourth-order valence-electron chi connectivity index (χ4n) is 2.54. The van der Waals surface area contributed by atoms with Crippen molar-refractivity contribution in [1.29, 1.82) is 0 Å². The third-order valence-corrected chi connectivity index (χ3v) is 3.54. The molecule has 1 saturated carbocycles. The summed E-state index contributed by atoms with van der Waals surface area (Å²) in [6, 6.07) is 0.748. The summed E-state index contributed by atoms with van der Waals surface area (Å²) in [4.78, 5) is 0. The van der Waals surface area contributed by atoms with Crippen LogP contribution in [0.25, 0.3) is 0 Å². The molecule has 14 heavy (non-hydrogen) atoms. The minimum Gasteiger partial charge on any atom is -0.314 e. The second-order valence-electron chi connectivity index (χ2n) is 4.50. The molecule has 0 aromatic carbocycles. The molecule has 1 N–H and O–H groups in total. The largest absolute Gasteiger partial charge is 0.314 e.